The maximum atomic E-state index is 10.4. The lowest BCUT2D eigenvalue weighted by Crippen LogP contribution is -2.38. The summed E-state index contributed by atoms with van der Waals surface area (Å²) in [6.07, 6.45) is 0.541. The van der Waals surface area contributed by atoms with Crippen LogP contribution in [-0.2, 0) is 0 Å². The third-order valence-electron chi connectivity index (χ3n) is 4.30. The first-order valence-electron chi connectivity index (χ1n) is 7.98. The lowest BCUT2D eigenvalue weighted by atomic mass is 9.88. The lowest BCUT2D eigenvalue weighted by molar-refractivity contribution is 0.113. The molecule has 1 aliphatic heterocycles. The highest BCUT2D eigenvalue weighted by atomic mass is 32.2. The van der Waals surface area contributed by atoms with Gasteiger partial charge < -0.3 is 15.2 Å². The van der Waals surface area contributed by atoms with Gasteiger partial charge in [-0.05, 0) is 55.8 Å². The number of ether oxygens (including phenoxy) is 1. The van der Waals surface area contributed by atoms with Gasteiger partial charge in [0.05, 0.1) is 13.2 Å². The molecule has 0 radical (unpaired) electrons. The van der Waals surface area contributed by atoms with Gasteiger partial charge in [-0.25, -0.2) is 0 Å². The molecule has 2 unspecified atom stereocenters. The van der Waals surface area contributed by atoms with Crippen molar-refractivity contribution in [1.29, 1.82) is 0 Å². The number of aryl methyl sites for hydroxylation is 1. The number of piperidine rings is 1. The molecule has 122 valence electrons. The van der Waals surface area contributed by atoms with Gasteiger partial charge in [0.2, 0.25) is 0 Å². The van der Waals surface area contributed by atoms with Crippen molar-refractivity contribution in [3.05, 3.63) is 53.6 Å². The Kier molecular flexibility index (Phi) is 5.26. The fourth-order valence-corrected chi connectivity index (χ4v) is 3.97. The number of aliphatic hydroxyl groups is 1. The lowest BCUT2D eigenvalue weighted by Gasteiger charge is -2.30. The van der Waals surface area contributed by atoms with Crippen LogP contribution >= 0.6 is 11.8 Å². The molecule has 1 saturated heterocycles. The van der Waals surface area contributed by atoms with Crippen LogP contribution in [0.15, 0.2) is 52.3 Å². The standard InChI is InChI=1S/C19H23NO2S/c1-13-3-8-19(23-15-6-4-14(22-2)5-7-15)16(11-13)17-12-20-10-9-18(17)21/h3-8,11,17-18,20-21H,9-10,12H2,1-2H3. The third-order valence-corrected chi connectivity index (χ3v) is 5.40. The minimum Gasteiger partial charge on any atom is -0.497 e. The molecule has 0 aromatic heterocycles. The van der Waals surface area contributed by atoms with Crippen LogP contribution in [0.1, 0.15) is 23.5 Å². The van der Waals surface area contributed by atoms with Crippen molar-refractivity contribution < 1.29 is 9.84 Å². The van der Waals surface area contributed by atoms with E-state index in [4.69, 9.17) is 4.74 Å². The summed E-state index contributed by atoms with van der Waals surface area (Å²) < 4.78 is 5.22. The molecule has 0 spiro atoms. The largest absolute Gasteiger partial charge is 0.497 e. The monoisotopic (exact) mass is 329 g/mol. The first-order chi connectivity index (χ1) is 11.2. The molecule has 1 heterocycles. The molecule has 0 bridgehead atoms. The first-order valence-corrected chi connectivity index (χ1v) is 8.80. The summed E-state index contributed by atoms with van der Waals surface area (Å²) in [5.41, 5.74) is 2.47. The highest BCUT2D eigenvalue weighted by Crippen LogP contribution is 2.37. The molecule has 0 aliphatic carbocycles. The molecule has 0 saturated carbocycles. The van der Waals surface area contributed by atoms with Gasteiger partial charge in [0.25, 0.3) is 0 Å². The molecule has 2 atom stereocenters. The van der Waals surface area contributed by atoms with Crippen molar-refractivity contribution in [2.45, 2.75) is 35.2 Å². The van der Waals surface area contributed by atoms with Gasteiger partial charge in [0, 0.05) is 22.3 Å². The second kappa shape index (κ2) is 7.39. The zero-order valence-electron chi connectivity index (χ0n) is 13.6. The number of methoxy groups -OCH3 is 1. The quantitative estimate of drug-likeness (QED) is 0.899. The number of aliphatic hydroxyl groups excluding tert-OH is 1. The maximum absolute atomic E-state index is 10.4. The van der Waals surface area contributed by atoms with Crippen LogP contribution in [0.4, 0.5) is 0 Å². The van der Waals surface area contributed by atoms with Crippen LogP contribution in [0.2, 0.25) is 0 Å². The highest BCUT2D eigenvalue weighted by Gasteiger charge is 2.26. The molecular weight excluding hydrogens is 306 g/mol. The number of hydrogen-bond donors (Lipinski definition) is 2. The summed E-state index contributed by atoms with van der Waals surface area (Å²) in [5.74, 6) is 1.02. The van der Waals surface area contributed by atoms with Gasteiger partial charge in [-0.15, -0.1) is 0 Å². The van der Waals surface area contributed by atoms with E-state index in [-0.39, 0.29) is 12.0 Å². The molecule has 0 amide bonds. The molecule has 3 rings (SSSR count). The maximum Gasteiger partial charge on any atom is 0.118 e. The van der Waals surface area contributed by atoms with Gasteiger partial charge in [-0.3, -0.25) is 0 Å². The predicted molar refractivity (Wildman–Crippen MR) is 94.5 cm³/mol. The smallest absolute Gasteiger partial charge is 0.118 e. The predicted octanol–water partition coefficient (Wildman–Crippen LogP) is 3.59. The van der Waals surface area contributed by atoms with Crippen molar-refractivity contribution in [1.82, 2.24) is 5.32 Å². The molecule has 23 heavy (non-hydrogen) atoms. The fraction of sp³-hybridized carbons (Fsp3) is 0.368. The summed E-state index contributed by atoms with van der Waals surface area (Å²) in [6, 6.07) is 14.6. The molecule has 2 aromatic carbocycles. The van der Waals surface area contributed by atoms with E-state index < -0.39 is 0 Å². The third kappa shape index (κ3) is 3.89. The van der Waals surface area contributed by atoms with Crippen LogP contribution < -0.4 is 10.1 Å². The highest BCUT2D eigenvalue weighted by molar-refractivity contribution is 7.99. The second-order valence-corrected chi connectivity index (χ2v) is 7.10. The molecule has 3 nitrogen and oxygen atoms in total. The van der Waals surface area contributed by atoms with E-state index in [9.17, 15) is 5.11 Å². The molecule has 4 heteroatoms. The summed E-state index contributed by atoms with van der Waals surface area (Å²) in [5, 5.41) is 13.8. The number of rotatable bonds is 4. The van der Waals surface area contributed by atoms with Crippen LogP contribution in [0.5, 0.6) is 5.75 Å². The normalized spacial score (nSPS) is 21.2. The average Bonchev–Trinajstić information content (AvgIpc) is 2.58. The Bertz CT molecular complexity index is 657. The Balaban J connectivity index is 1.88. The number of nitrogens with one attached hydrogen (secondary N) is 1. The van der Waals surface area contributed by atoms with Crippen LogP contribution in [0, 0.1) is 6.92 Å². The SMILES string of the molecule is COc1ccc(Sc2ccc(C)cc2C2CNCCC2O)cc1. The summed E-state index contributed by atoms with van der Waals surface area (Å²) >= 11 is 1.74. The van der Waals surface area contributed by atoms with Crippen molar-refractivity contribution in [2.75, 3.05) is 20.2 Å². The Morgan fingerprint density at radius 1 is 1.17 bits per heavy atom. The zero-order chi connectivity index (χ0) is 16.2. The van der Waals surface area contributed by atoms with E-state index in [0.717, 1.165) is 25.3 Å². The van der Waals surface area contributed by atoms with Crippen LogP contribution in [-0.4, -0.2) is 31.4 Å². The van der Waals surface area contributed by atoms with E-state index >= 15 is 0 Å². The van der Waals surface area contributed by atoms with Gasteiger partial charge in [-0.1, -0.05) is 29.5 Å². The van der Waals surface area contributed by atoms with Gasteiger partial charge in [0.15, 0.2) is 0 Å². The summed E-state index contributed by atoms with van der Waals surface area (Å²) in [4.78, 5) is 2.39. The van der Waals surface area contributed by atoms with Crippen molar-refractivity contribution in [2.24, 2.45) is 0 Å². The topological polar surface area (TPSA) is 41.5 Å². The summed E-state index contributed by atoms with van der Waals surface area (Å²) in [6.45, 7) is 3.83. The van der Waals surface area contributed by atoms with Crippen LogP contribution in [0.25, 0.3) is 0 Å². The fourth-order valence-electron chi connectivity index (χ4n) is 2.98. The molecule has 2 aromatic rings. The van der Waals surface area contributed by atoms with Crippen molar-refractivity contribution in [3.8, 4) is 5.75 Å². The average molecular weight is 329 g/mol. The number of hydrogen-bond acceptors (Lipinski definition) is 4. The zero-order valence-corrected chi connectivity index (χ0v) is 14.4. The Hall–Kier alpha value is -1.49. The molecule has 1 fully saturated rings. The Morgan fingerprint density at radius 3 is 2.65 bits per heavy atom. The van der Waals surface area contributed by atoms with Gasteiger partial charge in [-0.2, -0.15) is 0 Å². The minimum absolute atomic E-state index is 0.157. The molecule has 1 aliphatic rings. The summed E-state index contributed by atoms with van der Waals surface area (Å²) in [7, 11) is 1.68. The van der Waals surface area contributed by atoms with Gasteiger partial charge >= 0.3 is 0 Å². The first kappa shape index (κ1) is 16.4. The van der Waals surface area contributed by atoms with Gasteiger partial charge in [0.1, 0.15) is 5.75 Å². The minimum atomic E-state index is -0.270. The van der Waals surface area contributed by atoms with Crippen molar-refractivity contribution >= 4 is 11.8 Å². The Labute approximate surface area is 142 Å². The van der Waals surface area contributed by atoms with E-state index in [1.54, 1.807) is 18.9 Å². The molecular formula is C19H23NO2S. The molecule has 2 N–H and O–H groups in total. The Morgan fingerprint density at radius 2 is 1.96 bits per heavy atom. The van der Waals surface area contributed by atoms with E-state index in [2.05, 4.69) is 42.6 Å². The van der Waals surface area contributed by atoms with Crippen molar-refractivity contribution in [3.63, 3.8) is 0 Å². The second-order valence-electron chi connectivity index (χ2n) is 5.99. The van der Waals surface area contributed by atoms with E-state index in [0.29, 0.717) is 0 Å². The van der Waals surface area contributed by atoms with E-state index in [1.165, 1.54) is 20.9 Å². The number of benzene rings is 2. The van der Waals surface area contributed by atoms with E-state index in [1.807, 2.05) is 12.1 Å². The van der Waals surface area contributed by atoms with Crippen LogP contribution in [0.3, 0.4) is 0 Å².